The first-order valence-corrected chi connectivity index (χ1v) is 6.50. The van der Waals surface area contributed by atoms with Crippen molar-refractivity contribution in [3.63, 3.8) is 0 Å². The van der Waals surface area contributed by atoms with Crippen LogP contribution in [-0.4, -0.2) is 21.1 Å². The van der Waals surface area contributed by atoms with Crippen molar-refractivity contribution in [1.82, 2.24) is 19.9 Å². The zero-order valence-corrected chi connectivity index (χ0v) is 11.3. The van der Waals surface area contributed by atoms with Gasteiger partial charge < -0.3 is 9.88 Å². The Morgan fingerprint density at radius 1 is 1.42 bits per heavy atom. The van der Waals surface area contributed by atoms with Crippen LogP contribution in [0.15, 0.2) is 30.9 Å². The summed E-state index contributed by atoms with van der Waals surface area (Å²) in [5.41, 5.74) is 0.858. The molecule has 0 aromatic carbocycles. The standard InChI is InChI=1S/C14H19FN4/c1-3-4-17-13(8-14-18-5-6-19(14)2)11-7-12(15)10-16-9-11/h5-7,9-10,13,17H,3-4,8H2,1-2H3. The van der Waals surface area contributed by atoms with Crippen molar-refractivity contribution >= 4 is 0 Å². The Hall–Kier alpha value is -1.75. The lowest BCUT2D eigenvalue weighted by molar-refractivity contribution is 0.506. The molecule has 0 fully saturated rings. The summed E-state index contributed by atoms with van der Waals surface area (Å²) in [7, 11) is 1.96. The molecule has 1 N–H and O–H groups in total. The fourth-order valence-corrected chi connectivity index (χ4v) is 2.02. The molecule has 0 bridgehead atoms. The maximum absolute atomic E-state index is 13.3. The third-order valence-corrected chi connectivity index (χ3v) is 3.08. The molecule has 1 atom stereocenters. The molecular formula is C14H19FN4. The van der Waals surface area contributed by atoms with Gasteiger partial charge >= 0.3 is 0 Å². The molecule has 0 amide bonds. The van der Waals surface area contributed by atoms with Crippen molar-refractivity contribution in [2.75, 3.05) is 6.54 Å². The van der Waals surface area contributed by atoms with Gasteiger partial charge in [-0.1, -0.05) is 6.92 Å². The van der Waals surface area contributed by atoms with E-state index < -0.39 is 0 Å². The lowest BCUT2D eigenvalue weighted by atomic mass is 10.1. The van der Waals surface area contributed by atoms with Gasteiger partial charge in [0.15, 0.2) is 0 Å². The van der Waals surface area contributed by atoms with Crippen LogP contribution in [0, 0.1) is 5.82 Å². The SMILES string of the molecule is CCCNC(Cc1nccn1C)c1cncc(F)c1. The zero-order valence-electron chi connectivity index (χ0n) is 11.3. The minimum absolute atomic E-state index is 0.0317. The van der Waals surface area contributed by atoms with Crippen LogP contribution in [0.3, 0.4) is 0 Å². The highest BCUT2D eigenvalue weighted by Crippen LogP contribution is 2.17. The molecule has 0 aliphatic heterocycles. The first-order chi connectivity index (χ1) is 9.20. The van der Waals surface area contributed by atoms with Crippen molar-refractivity contribution in [2.24, 2.45) is 7.05 Å². The molecule has 0 spiro atoms. The zero-order chi connectivity index (χ0) is 13.7. The maximum Gasteiger partial charge on any atom is 0.141 e. The Morgan fingerprint density at radius 3 is 2.89 bits per heavy atom. The summed E-state index contributed by atoms with van der Waals surface area (Å²) >= 11 is 0. The Bertz CT molecular complexity index is 524. The van der Waals surface area contributed by atoms with Gasteiger partial charge in [0.05, 0.1) is 6.20 Å². The van der Waals surface area contributed by atoms with E-state index in [9.17, 15) is 4.39 Å². The molecule has 0 saturated heterocycles. The second-order valence-electron chi connectivity index (χ2n) is 4.60. The summed E-state index contributed by atoms with van der Waals surface area (Å²) in [5.74, 6) is 0.665. The molecule has 0 saturated carbocycles. The Kier molecular flexibility index (Phi) is 4.63. The Morgan fingerprint density at radius 2 is 2.26 bits per heavy atom. The van der Waals surface area contributed by atoms with E-state index in [1.54, 1.807) is 12.4 Å². The number of aromatic nitrogens is 3. The van der Waals surface area contributed by atoms with Gasteiger partial charge in [-0.3, -0.25) is 4.98 Å². The minimum atomic E-state index is -0.305. The predicted molar refractivity (Wildman–Crippen MR) is 72.1 cm³/mol. The van der Waals surface area contributed by atoms with Crippen molar-refractivity contribution in [3.05, 3.63) is 48.1 Å². The highest BCUT2D eigenvalue weighted by atomic mass is 19.1. The number of imidazole rings is 1. The van der Waals surface area contributed by atoms with Crippen LogP contribution in [0.5, 0.6) is 0 Å². The van der Waals surface area contributed by atoms with E-state index in [2.05, 4.69) is 22.2 Å². The quantitative estimate of drug-likeness (QED) is 0.868. The second kappa shape index (κ2) is 6.43. The third-order valence-electron chi connectivity index (χ3n) is 3.08. The van der Waals surface area contributed by atoms with E-state index in [1.807, 2.05) is 17.8 Å². The number of nitrogens with one attached hydrogen (secondary N) is 1. The van der Waals surface area contributed by atoms with Gasteiger partial charge in [0.25, 0.3) is 0 Å². The van der Waals surface area contributed by atoms with Gasteiger partial charge in [-0.15, -0.1) is 0 Å². The molecule has 19 heavy (non-hydrogen) atoms. The van der Waals surface area contributed by atoms with Gasteiger partial charge in [0, 0.05) is 38.1 Å². The Labute approximate surface area is 112 Å². The van der Waals surface area contributed by atoms with Gasteiger partial charge in [-0.25, -0.2) is 9.37 Å². The molecule has 2 heterocycles. The first kappa shape index (κ1) is 13.7. The van der Waals surface area contributed by atoms with E-state index in [4.69, 9.17) is 0 Å². The van der Waals surface area contributed by atoms with Crippen molar-refractivity contribution in [3.8, 4) is 0 Å². The fraction of sp³-hybridized carbons (Fsp3) is 0.429. The van der Waals surface area contributed by atoms with Crippen molar-refractivity contribution in [1.29, 1.82) is 0 Å². The Balaban J connectivity index is 2.18. The van der Waals surface area contributed by atoms with E-state index in [-0.39, 0.29) is 11.9 Å². The third kappa shape index (κ3) is 3.61. The van der Waals surface area contributed by atoms with Gasteiger partial charge in [0.1, 0.15) is 11.6 Å². The second-order valence-corrected chi connectivity index (χ2v) is 4.60. The van der Waals surface area contributed by atoms with Gasteiger partial charge in [-0.05, 0) is 24.6 Å². The average Bonchev–Trinajstić information content (AvgIpc) is 2.80. The van der Waals surface area contributed by atoms with E-state index >= 15 is 0 Å². The molecular weight excluding hydrogens is 243 g/mol. The molecule has 102 valence electrons. The van der Waals surface area contributed by atoms with Crippen LogP contribution in [0.25, 0.3) is 0 Å². The van der Waals surface area contributed by atoms with Crippen LogP contribution in [-0.2, 0) is 13.5 Å². The number of hydrogen-bond acceptors (Lipinski definition) is 3. The molecule has 1 unspecified atom stereocenters. The number of halogens is 1. The smallest absolute Gasteiger partial charge is 0.141 e. The van der Waals surface area contributed by atoms with E-state index in [0.717, 1.165) is 24.4 Å². The fourth-order valence-electron chi connectivity index (χ4n) is 2.02. The summed E-state index contributed by atoms with van der Waals surface area (Å²) in [6.07, 6.45) is 8.36. The summed E-state index contributed by atoms with van der Waals surface area (Å²) in [5, 5.41) is 3.42. The number of aryl methyl sites for hydroxylation is 1. The van der Waals surface area contributed by atoms with E-state index in [0.29, 0.717) is 6.42 Å². The maximum atomic E-state index is 13.3. The highest BCUT2D eigenvalue weighted by Gasteiger charge is 2.15. The van der Waals surface area contributed by atoms with Gasteiger partial charge in [-0.2, -0.15) is 0 Å². The van der Waals surface area contributed by atoms with Crippen LogP contribution in [0.1, 0.15) is 30.8 Å². The summed E-state index contributed by atoms with van der Waals surface area (Å²) in [6.45, 7) is 2.99. The van der Waals surface area contributed by atoms with Crippen LogP contribution in [0.2, 0.25) is 0 Å². The van der Waals surface area contributed by atoms with E-state index in [1.165, 1.54) is 12.3 Å². The lowest BCUT2D eigenvalue weighted by Gasteiger charge is -2.18. The topological polar surface area (TPSA) is 42.7 Å². The van der Waals surface area contributed by atoms with Gasteiger partial charge in [0.2, 0.25) is 0 Å². The summed E-state index contributed by atoms with van der Waals surface area (Å²) < 4.78 is 15.3. The number of rotatable bonds is 6. The molecule has 2 aromatic rings. The minimum Gasteiger partial charge on any atom is -0.338 e. The van der Waals surface area contributed by atoms with Crippen molar-refractivity contribution < 1.29 is 4.39 Å². The molecule has 5 heteroatoms. The average molecular weight is 262 g/mol. The molecule has 0 radical (unpaired) electrons. The van der Waals surface area contributed by atoms with Crippen LogP contribution in [0.4, 0.5) is 4.39 Å². The number of hydrogen-bond donors (Lipinski definition) is 1. The molecule has 0 aliphatic rings. The summed E-state index contributed by atoms with van der Waals surface area (Å²) in [4.78, 5) is 8.24. The normalized spacial score (nSPS) is 12.6. The highest BCUT2D eigenvalue weighted by molar-refractivity contribution is 5.17. The molecule has 4 nitrogen and oxygen atoms in total. The number of pyridine rings is 1. The summed E-state index contributed by atoms with van der Waals surface area (Å²) in [6, 6.07) is 1.56. The largest absolute Gasteiger partial charge is 0.338 e. The lowest BCUT2D eigenvalue weighted by Crippen LogP contribution is -2.25. The first-order valence-electron chi connectivity index (χ1n) is 6.50. The molecule has 2 rings (SSSR count). The predicted octanol–water partition coefficient (Wildman–Crippen LogP) is 2.24. The van der Waals surface area contributed by atoms with Crippen LogP contribution < -0.4 is 5.32 Å². The molecule has 2 aromatic heterocycles. The number of nitrogens with zero attached hydrogens (tertiary/aromatic N) is 3. The molecule has 0 aliphatic carbocycles. The monoisotopic (exact) mass is 262 g/mol. The van der Waals surface area contributed by atoms with Crippen LogP contribution >= 0.6 is 0 Å². The van der Waals surface area contributed by atoms with Crippen molar-refractivity contribution in [2.45, 2.75) is 25.8 Å².